The van der Waals surface area contributed by atoms with Gasteiger partial charge in [-0.15, -0.1) is 0 Å². The molecule has 0 aromatic carbocycles. The van der Waals surface area contributed by atoms with Crippen LogP contribution in [0, 0.1) is 0 Å². The predicted octanol–water partition coefficient (Wildman–Crippen LogP) is 1.02. The van der Waals surface area contributed by atoms with Crippen molar-refractivity contribution in [2.24, 2.45) is 0 Å². The van der Waals surface area contributed by atoms with Gasteiger partial charge in [-0.1, -0.05) is 0 Å². The van der Waals surface area contributed by atoms with Gasteiger partial charge in [0, 0.05) is 25.7 Å². The summed E-state index contributed by atoms with van der Waals surface area (Å²) in [6, 6.07) is 0.800. The summed E-state index contributed by atoms with van der Waals surface area (Å²) in [5.41, 5.74) is -1.00. The van der Waals surface area contributed by atoms with Crippen molar-refractivity contribution in [3.8, 4) is 0 Å². The van der Waals surface area contributed by atoms with Gasteiger partial charge in [-0.3, -0.25) is 4.79 Å². The SMILES string of the molecule is CNCCCC(=O)NCCNc1nccc(C(F)(F)F)n1. The molecule has 118 valence electrons. The number of carbonyl (C=O) groups excluding carboxylic acids is 1. The van der Waals surface area contributed by atoms with Gasteiger partial charge in [-0.2, -0.15) is 13.2 Å². The van der Waals surface area contributed by atoms with E-state index in [4.69, 9.17) is 0 Å². The molecule has 9 heteroatoms. The fourth-order valence-corrected chi connectivity index (χ4v) is 1.49. The minimum absolute atomic E-state index is 0.1000. The minimum atomic E-state index is -4.50. The smallest absolute Gasteiger partial charge is 0.354 e. The Labute approximate surface area is 120 Å². The van der Waals surface area contributed by atoms with Crippen molar-refractivity contribution in [3.63, 3.8) is 0 Å². The van der Waals surface area contributed by atoms with Crippen molar-refractivity contribution in [2.45, 2.75) is 19.0 Å². The van der Waals surface area contributed by atoms with Crippen LogP contribution < -0.4 is 16.0 Å². The molecule has 0 unspecified atom stereocenters. The molecule has 0 aliphatic rings. The highest BCUT2D eigenvalue weighted by Gasteiger charge is 2.32. The quantitative estimate of drug-likeness (QED) is 0.625. The van der Waals surface area contributed by atoms with Crippen molar-refractivity contribution >= 4 is 11.9 Å². The Bertz CT molecular complexity index is 453. The lowest BCUT2D eigenvalue weighted by molar-refractivity contribution is -0.141. The molecule has 0 spiro atoms. The van der Waals surface area contributed by atoms with Crippen LogP contribution in [-0.2, 0) is 11.0 Å². The van der Waals surface area contributed by atoms with E-state index >= 15 is 0 Å². The van der Waals surface area contributed by atoms with Crippen LogP contribution in [0.15, 0.2) is 12.3 Å². The van der Waals surface area contributed by atoms with Gasteiger partial charge in [0.05, 0.1) is 0 Å². The zero-order chi connectivity index (χ0) is 15.7. The second kappa shape index (κ2) is 8.40. The van der Waals surface area contributed by atoms with Crippen LogP contribution in [0.1, 0.15) is 18.5 Å². The Balaban J connectivity index is 2.28. The summed E-state index contributed by atoms with van der Waals surface area (Å²) in [5.74, 6) is -0.216. The number of halogens is 3. The molecule has 21 heavy (non-hydrogen) atoms. The maximum absolute atomic E-state index is 12.4. The molecule has 0 radical (unpaired) electrons. The Morgan fingerprint density at radius 3 is 2.71 bits per heavy atom. The third kappa shape index (κ3) is 6.89. The van der Waals surface area contributed by atoms with Crippen LogP contribution in [0.3, 0.4) is 0 Å². The Kier molecular flexibility index (Phi) is 6.86. The maximum atomic E-state index is 12.4. The molecular formula is C12H18F3N5O. The molecule has 0 saturated heterocycles. The van der Waals surface area contributed by atoms with Gasteiger partial charge in [-0.25, -0.2) is 9.97 Å². The molecule has 0 bridgehead atoms. The predicted molar refractivity (Wildman–Crippen MR) is 71.7 cm³/mol. The van der Waals surface area contributed by atoms with E-state index in [1.54, 1.807) is 7.05 Å². The highest BCUT2D eigenvalue weighted by atomic mass is 19.4. The zero-order valence-corrected chi connectivity index (χ0v) is 11.6. The first-order valence-electron chi connectivity index (χ1n) is 6.49. The number of anilines is 1. The van der Waals surface area contributed by atoms with Crippen LogP contribution in [0.25, 0.3) is 0 Å². The number of rotatable bonds is 8. The van der Waals surface area contributed by atoms with Crippen LogP contribution >= 0.6 is 0 Å². The number of aromatic nitrogens is 2. The van der Waals surface area contributed by atoms with Gasteiger partial charge in [0.25, 0.3) is 0 Å². The molecule has 6 nitrogen and oxygen atoms in total. The second-order valence-corrected chi connectivity index (χ2v) is 4.25. The van der Waals surface area contributed by atoms with Gasteiger partial charge >= 0.3 is 6.18 Å². The van der Waals surface area contributed by atoms with Crippen LogP contribution in [0.5, 0.6) is 0 Å². The topological polar surface area (TPSA) is 78.9 Å². The van der Waals surface area contributed by atoms with E-state index in [2.05, 4.69) is 25.9 Å². The van der Waals surface area contributed by atoms with E-state index < -0.39 is 11.9 Å². The van der Waals surface area contributed by atoms with E-state index in [9.17, 15) is 18.0 Å². The molecule has 1 heterocycles. The number of hydrogen-bond acceptors (Lipinski definition) is 5. The van der Waals surface area contributed by atoms with Gasteiger partial charge in [0.2, 0.25) is 11.9 Å². The van der Waals surface area contributed by atoms with Gasteiger partial charge < -0.3 is 16.0 Å². The second-order valence-electron chi connectivity index (χ2n) is 4.25. The zero-order valence-electron chi connectivity index (χ0n) is 11.6. The van der Waals surface area contributed by atoms with E-state index in [0.29, 0.717) is 6.42 Å². The van der Waals surface area contributed by atoms with Crippen molar-refractivity contribution in [1.29, 1.82) is 0 Å². The first kappa shape index (κ1) is 17.2. The Morgan fingerprint density at radius 1 is 1.29 bits per heavy atom. The lowest BCUT2D eigenvalue weighted by Crippen LogP contribution is -2.29. The molecule has 3 N–H and O–H groups in total. The molecule has 1 amide bonds. The molecule has 0 atom stereocenters. The first-order chi connectivity index (χ1) is 9.93. The van der Waals surface area contributed by atoms with Gasteiger partial charge in [0.1, 0.15) is 5.69 Å². The fraction of sp³-hybridized carbons (Fsp3) is 0.583. The molecule has 1 rings (SSSR count). The average Bonchev–Trinajstić information content (AvgIpc) is 2.43. The molecule has 0 saturated carbocycles. The number of amides is 1. The molecule has 0 fully saturated rings. The number of alkyl halides is 3. The summed E-state index contributed by atoms with van der Waals surface area (Å²) in [5, 5.41) is 8.21. The van der Waals surface area contributed by atoms with Crippen LogP contribution in [-0.4, -0.2) is 42.6 Å². The highest BCUT2D eigenvalue weighted by Crippen LogP contribution is 2.27. The van der Waals surface area contributed by atoms with Crippen LogP contribution in [0.4, 0.5) is 19.1 Å². The molecule has 1 aromatic rings. The maximum Gasteiger partial charge on any atom is 0.433 e. The molecule has 1 aromatic heterocycles. The molecule has 0 aliphatic carbocycles. The van der Waals surface area contributed by atoms with Crippen molar-refractivity contribution < 1.29 is 18.0 Å². The Morgan fingerprint density at radius 2 is 2.05 bits per heavy atom. The summed E-state index contributed by atoms with van der Waals surface area (Å²) in [6.07, 6.45) is -2.33. The summed E-state index contributed by atoms with van der Waals surface area (Å²) in [6.45, 7) is 1.29. The standard InChI is InChI=1S/C12H18F3N5O/c1-16-5-2-3-10(21)17-7-8-19-11-18-6-4-9(20-11)12(13,14)15/h4,6,16H,2-3,5,7-8H2,1H3,(H,17,21)(H,18,19,20). The largest absolute Gasteiger partial charge is 0.433 e. The third-order valence-corrected chi connectivity index (χ3v) is 2.51. The van der Waals surface area contributed by atoms with E-state index in [0.717, 1.165) is 25.2 Å². The number of carbonyl (C=O) groups is 1. The van der Waals surface area contributed by atoms with Gasteiger partial charge in [-0.05, 0) is 26.1 Å². The Hall–Kier alpha value is -1.90. The average molecular weight is 305 g/mol. The lowest BCUT2D eigenvalue weighted by Gasteiger charge is -2.09. The molecular weight excluding hydrogens is 287 g/mol. The van der Waals surface area contributed by atoms with E-state index in [1.807, 2.05) is 0 Å². The van der Waals surface area contributed by atoms with Crippen molar-refractivity contribution in [3.05, 3.63) is 18.0 Å². The fourth-order valence-electron chi connectivity index (χ4n) is 1.49. The minimum Gasteiger partial charge on any atom is -0.354 e. The lowest BCUT2D eigenvalue weighted by atomic mass is 10.3. The summed E-state index contributed by atoms with van der Waals surface area (Å²) < 4.78 is 37.3. The highest BCUT2D eigenvalue weighted by molar-refractivity contribution is 5.75. The summed E-state index contributed by atoms with van der Waals surface area (Å²) in [7, 11) is 1.80. The first-order valence-corrected chi connectivity index (χ1v) is 6.49. The normalized spacial score (nSPS) is 11.2. The van der Waals surface area contributed by atoms with Crippen molar-refractivity contribution in [1.82, 2.24) is 20.6 Å². The summed E-state index contributed by atoms with van der Waals surface area (Å²) >= 11 is 0. The molecule has 0 aliphatic heterocycles. The van der Waals surface area contributed by atoms with E-state index in [1.165, 1.54) is 0 Å². The van der Waals surface area contributed by atoms with Crippen molar-refractivity contribution in [2.75, 3.05) is 32.0 Å². The van der Waals surface area contributed by atoms with Gasteiger partial charge in [0.15, 0.2) is 0 Å². The van der Waals surface area contributed by atoms with Crippen LogP contribution in [0.2, 0.25) is 0 Å². The number of nitrogens with one attached hydrogen (secondary N) is 3. The van der Waals surface area contributed by atoms with E-state index in [-0.39, 0.29) is 24.9 Å². The third-order valence-electron chi connectivity index (χ3n) is 2.51. The summed E-state index contributed by atoms with van der Waals surface area (Å²) in [4.78, 5) is 18.4. The number of nitrogens with zero attached hydrogens (tertiary/aromatic N) is 2. The monoisotopic (exact) mass is 305 g/mol. The number of hydrogen-bond donors (Lipinski definition) is 3.